The van der Waals surface area contributed by atoms with E-state index in [0.29, 0.717) is 13.2 Å². The van der Waals surface area contributed by atoms with Crippen LogP contribution >= 0.6 is 31.9 Å². The molecule has 17 heavy (non-hydrogen) atoms. The molecule has 1 aromatic heterocycles. The number of hydrogen-bond donors (Lipinski definition) is 1. The lowest BCUT2D eigenvalue weighted by Gasteiger charge is -2.08. The SMILES string of the molecule is COCCOCCCNc1ncc(Br)cc1Br. The second-order valence-electron chi connectivity index (χ2n) is 3.37. The molecular formula is C11H16Br2N2O2. The zero-order valence-electron chi connectivity index (χ0n) is 9.71. The number of nitrogens with one attached hydrogen (secondary N) is 1. The first-order valence-corrected chi connectivity index (χ1v) is 6.94. The number of nitrogens with zero attached hydrogens (tertiary/aromatic N) is 1. The number of aromatic nitrogens is 1. The summed E-state index contributed by atoms with van der Waals surface area (Å²) in [7, 11) is 1.67. The molecular weight excluding hydrogens is 352 g/mol. The van der Waals surface area contributed by atoms with Crippen molar-refractivity contribution < 1.29 is 9.47 Å². The highest BCUT2D eigenvalue weighted by molar-refractivity contribution is 9.11. The van der Waals surface area contributed by atoms with Crippen molar-refractivity contribution in [1.82, 2.24) is 4.98 Å². The number of pyridine rings is 1. The second kappa shape index (κ2) is 8.85. The number of methoxy groups -OCH3 is 1. The van der Waals surface area contributed by atoms with Crippen LogP contribution in [0.3, 0.4) is 0 Å². The molecule has 0 aliphatic rings. The van der Waals surface area contributed by atoms with Gasteiger partial charge in [0.2, 0.25) is 0 Å². The summed E-state index contributed by atoms with van der Waals surface area (Å²) in [5.41, 5.74) is 0. The van der Waals surface area contributed by atoms with Crippen molar-refractivity contribution in [2.75, 3.05) is 38.8 Å². The molecule has 0 aliphatic heterocycles. The minimum absolute atomic E-state index is 0.646. The lowest BCUT2D eigenvalue weighted by molar-refractivity contribution is 0.0705. The summed E-state index contributed by atoms with van der Waals surface area (Å²) in [5.74, 6) is 0.852. The molecule has 0 atom stereocenters. The molecule has 4 nitrogen and oxygen atoms in total. The molecule has 0 amide bonds. The van der Waals surface area contributed by atoms with Crippen LogP contribution in [0.15, 0.2) is 21.2 Å². The van der Waals surface area contributed by atoms with Crippen molar-refractivity contribution in [3.63, 3.8) is 0 Å². The number of anilines is 1. The van der Waals surface area contributed by atoms with E-state index in [9.17, 15) is 0 Å². The Morgan fingerprint density at radius 2 is 2.12 bits per heavy atom. The predicted molar refractivity (Wildman–Crippen MR) is 75.4 cm³/mol. The van der Waals surface area contributed by atoms with E-state index >= 15 is 0 Å². The highest BCUT2D eigenvalue weighted by Crippen LogP contribution is 2.23. The minimum Gasteiger partial charge on any atom is -0.382 e. The molecule has 1 N–H and O–H groups in total. The first-order chi connectivity index (χ1) is 8.24. The highest BCUT2D eigenvalue weighted by atomic mass is 79.9. The molecule has 0 bridgehead atoms. The zero-order valence-corrected chi connectivity index (χ0v) is 12.9. The standard InChI is InChI=1S/C11H16Br2N2O2/c1-16-5-6-17-4-2-3-14-11-10(13)7-9(12)8-15-11/h7-8H,2-6H2,1H3,(H,14,15). The Labute approximate surface area is 118 Å². The van der Waals surface area contributed by atoms with Gasteiger partial charge in [-0.15, -0.1) is 0 Å². The molecule has 0 saturated carbocycles. The highest BCUT2D eigenvalue weighted by Gasteiger charge is 2.00. The van der Waals surface area contributed by atoms with Crippen LogP contribution in [0.5, 0.6) is 0 Å². The van der Waals surface area contributed by atoms with Crippen LogP contribution in [0, 0.1) is 0 Å². The van der Waals surface area contributed by atoms with E-state index in [1.165, 1.54) is 0 Å². The summed E-state index contributed by atoms with van der Waals surface area (Å²) in [6, 6.07) is 1.96. The quantitative estimate of drug-likeness (QED) is 0.717. The van der Waals surface area contributed by atoms with Crippen molar-refractivity contribution in [3.8, 4) is 0 Å². The van der Waals surface area contributed by atoms with Crippen molar-refractivity contribution in [1.29, 1.82) is 0 Å². The number of ether oxygens (including phenoxy) is 2. The first-order valence-electron chi connectivity index (χ1n) is 5.35. The van der Waals surface area contributed by atoms with Crippen LogP contribution in [0.2, 0.25) is 0 Å². The Bertz CT molecular complexity index is 337. The maximum Gasteiger partial charge on any atom is 0.140 e. The molecule has 0 radical (unpaired) electrons. The normalized spacial score (nSPS) is 10.5. The van der Waals surface area contributed by atoms with Crippen molar-refractivity contribution in [3.05, 3.63) is 21.2 Å². The Kier molecular flexibility index (Phi) is 7.75. The molecule has 1 rings (SSSR count). The molecule has 0 aromatic carbocycles. The van der Waals surface area contributed by atoms with Gasteiger partial charge < -0.3 is 14.8 Å². The summed E-state index contributed by atoms with van der Waals surface area (Å²) in [4.78, 5) is 4.26. The van der Waals surface area contributed by atoms with Gasteiger partial charge in [0, 0.05) is 30.9 Å². The van der Waals surface area contributed by atoms with Crippen molar-refractivity contribution >= 4 is 37.7 Å². The van der Waals surface area contributed by atoms with E-state index in [1.54, 1.807) is 13.3 Å². The number of halogens is 2. The average Bonchev–Trinajstić information content (AvgIpc) is 2.30. The Morgan fingerprint density at radius 3 is 2.82 bits per heavy atom. The number of hydrogen-bond acceptors (Lipinski definition) is 4. The van der Waals surface area contributed by atoms with E-state index in [2.05, 4.69) is 42.2 Å². The summed E-state index contributed by atoms with van der Waals surface area (Å²) in [5, 5.41) is 3.24. The summed E-state index contributed by atoms with van der Waals surface area (Å²) >= 11 is 6.81. The van der Waals surface area contributed by atoms with Crippen molar-refractivity contribution in [2.45, 2.75) is 6.42 Å². The van der Waals surface area contributed by atoms with Gasteiger partial charge >= 0.3 is 0 Å². The summed E-state index contributed by atoms with van der Waals surface area (Å²) < 4.78 is 12.1. The van der Waals surface area contributed by atoms with Crippen molar-refractivity contribution in [2.24, 2.45) is 0 Å². The fraction of sp³-hybridized carbons (Fsp3) is 0.545. The number of rotatable bonds is 8. The van der Waals surface area contributed by atoms with Gasteiger partial charge in [-0.25, -0.2) is 4.98 Å². The molecule has 1 heterocycles. The van der Waals surface area contributed by atoms with Gasteiger partial charge in [0.05, 0.1) is 17.7 Å². The van der Waals surface area contributed by atoms with Crippen LogP contribution in [-0.4, -0.2) is 38.5 Å². The summed E-state index contributed by atoms with van der Waals surface area (Å²) in [6.07, 6.45) is 2.70. The fourth-order valence-electron chi connectivity index (χ4n) is 1.17. The maximum absolute atomic E-state index is 5.36. The van der Waals surface area contributed by atoms with Crippen LogP contribution in [0.4, 0.5) is 5.82 Å². The second-order valence-corrected chi connectivity index (χ2v) is 5.14. The van der Waals surface area contributed by atoms with E-state index in [0.717, 1.165) is 34.3 Å². The van der Waals surface area contributed by atoms with Gasteiger partial charge in [-0.05, 0) is 44.3 Å². The third-order valence-corrected chi connectivity index (χ3v) is 3.04. The topological polar surface area (TPSA) is 43.4 Å². The largest absolute Gasteiger partial charge is 0.382 e. The molecule has 0 spiro atoms. The third-order valence-electron chi connectivity index (χ3n) is 2.00. The maximum atomic E-state index is 5.36. The van der Waals surface area contributed by atoms with Gasteiger partial charge in [0.25, 0.3) is 0 Å². The van der Waals surface area contributed by atoms with Gasteiger partial charge in [-0.1, -0.05) is 0 Å². The average molecular weight is 368 g/mol. The lowest BCUT2D eigenvalue weighted by atomic mass is 10.4. The van der Waals surface area contributed by atoms with Gasteiger partial charge in [-0.3, -0.25) is 0 Å². The molecule has 96 valence electrons. The van der Waals surface area contributed by atoms with E-state index in [4.69, 9.17) is 9.47 Å². The first kappa shape index (κ1) is 14.9. The molecule has 0 fully saturated rings. The van der Waals surface area contributed by atoms with Crippen LogP contribution in [-0.2, 0) is 9.47 Å². The van der Waals surface area contributed by atoms with Gasteiger partial charge in [-0.2, -0.15) is 0 Å². The van der Waals surface area contributed by atoms with E-state index in [1.807, 2.05) is 6.07 Å². The molecule has 0 aliphatic carbocycles. The summed E-state index contributed by atoms with van der Waals surface area (Å²) in [6.45, 7) is 2.86. The zero-order chi connectivity index (χ0) is 12.5. The van der Waals surface area contributed by atoms with Crippen LogP contribution < -0.4 is 5.32 Å². The minimum atomic E-state index is 0.646. The Balaban J connectivity index is 2.14. The smallest absolute Gasteiger partial charge is 0.140 e. The molecule has 6 heteroatoms. The molecule has 1 aromatic rings. The third kappa shape index (κ3) is 6.35. The Hall–Kier alpha value is -0.170. The van der Waals surface area contributed by atoms with Crippen LogP contribution in [0.1, 0.15) is 6.42 Å². The lowest BCUT2D eigenvalue weighted by Crippen LogP contribution is -2.09. The van der Waals surface area contributed by atoms with Gasteiger partial charge in [0.15, 0.2) is 0 Å². The van der Waals surface area contributed by atoms with E-state index in [-0.39, 0.29) is 0 Å². The van der Waals surface area contributed by atoms with Crippen LogP contribution in [0.25, 0.3) is 0 Å². The Morgan fingerprint density at radius 1 is 1.29 bits per heavy atom. The molecule has 0 saturated heterocycles. The fourth-order valence-corrected chi connectivity index (χ4v) is 2.30. The van der Waals surface area contributed by atoms with Gasteiger partial charge in [0.1, 0.15) is 5.82 Å². The van der Waals surface area contributed by atoms with E-state index < -0.39 is 0 Å². The molecule has 0 unspecified atom stereocenters. The monoisotopic (exact) mass is 366 g/mol. The predicted octanol–water partition coefficient (Wildman–Crippen LogP) is 3.07.